The quantitative estimate of drug-likeness (QED) is 0.690. The van der Waals surface area contributed by atoms with Crippen LogP contribution in [-0.4, -0.2) is 18.1 Å². The van der Waals surface area contributed by atoms with E-state index in [0.29, 0.717) is 12.1 Å². The lowest BCUT2D eigenvalue weighted by Gasteiger charge is -2.10. The molecular weight excluding hydrogens is 312 g/mol. The number of esters is 1. The molecule has 0 saturated heterocycles. The summed E-state index contributed by atoms with van der Waals surface area (Å²) in [5.74, 6) is -1.96. The van der Waals surface area contributed by atoms with E-state index >= 15 is 0 Å². The number of ether oxygens (including phenoxy) is 1. The molecule has 0 aliphatic heterocycles. The predicted molar refractivity (Wildman–Crippen MR) is 68.1 cm³/mol. The van der Waals surface area contributed by atoms with E-state index in [4.69, 9.17) is 0 Å². The number of thiazole rings is 1. The Kier molecular flexibility index (Phi) is 4.12. The summed E-state index contributed by atoms with van der Waals surface area (Å²) in [5, 5.41) is 2.77. The molecule has 2 rings (SSSR count). The van der Waals surface area contributed by atoms with Crippen LogP contribution < -0.4 is 5.32 Å². The van der Waals surface area contributed by atoms with Gasteiger partial charge in [-0.3, -0.25) is 0 Å². The lowest BCUT2D eigenvalue weighted by atomic mass is 10.2. The summed E-state index contributed by atoms with van der Waals surface area (Å²) in [7, 11) is 1.20. The number of alkyl halides is 3. The third-order valence-electron chi connectivity index (χ3n) is 2.42. The topological polar surface area (TPSA) is 51.2 Å². The minimum atomic E-state index is -4.79. The van der Waals surface area contributed by atoms with Gasteiger partial charge in [-0.2, -0.15) is 13.2 Å². The van der Waals surface area contributed by atoms with Crippen LogP contribution >= 0.6 is 11.3 Å². The van der Waals surface area contributed by atoms with E-state index in [1.807, 2.05) is 0 Å². The highest BCUT2D eigenvalue weighted by Gasteiger charge is 2.34. The van der Waals surface area contributed by atoms with Crippen LogP contribution in [0.3, 0.4) is 0 Å². The summed E-state index contributed by atoms with van der Waals surface area (Å²) < 4.78 is 55.4. The second-order valence-corrected chi connectivity index (χ2v) is 4.87. The van der Waals surface area contributed by atoms with Crippen molar-refractivity contribution >= 4 is 28.1 Å². The van der Waals surface area contributed by atoms with Gasteiger partial charge in [0.1, 0.15) is 10.7 Å². The standard InChI is InChI=1S/C12H8F4N2O2S/c1-20-10(19)9-5-17-11(21-9)18-6-2-3-8(13)7(4-6)12(14,15)16/h2-5H,1H3,(H,17,18). The molecule has 0 aliphatic rings. The van der Waals surface area contributed by atoms with E-state index in [-0.39, 0.29) is 15.7 Å². The third-order valence-corrected chi connectivity index (χ3v) is 3.31. The maximum Gasteiger partial charge on any atom is 0.419 e. The Morgan fingerprint density at radius 1 is 1.38 bits per heavy atom. The van der Waals surface area contributed by atoms with E-state index < -0.39 is 23.5 Å². The first kappa shape index (κ1) is 15.2. The molecule has 0 spiro atoms. The highest BCUT2D eigenvalue weighted by Crippen LogP contribution is 2.34. The summed E-state index contributed by atoms with van der Waals surface area (Å²) in [6.45, 7) is 0. The van der Waals surface area contributed by atoms with Crippen LogP contribution in [0.25, 0.3) is 0 Å². The molecule has 1 N–H and O–H groups in total. The van der Waals surface area contributed by atoms with E-state index in [2.05, 4.69) is 15.0 Å². The Morgan fingerprint density at radius 2 is 2.10 bits per heavy atom. The largest absolute Gasteiger partial charge is 0.465 e. The van der Waals surface area contributed by atoms with Crippen molar-refractivity contribution in [3.63, 3.8) is 0 Å². The van der Waals surface area contributed by atoms with Gasteiger partial charge in [0.15, 0.2) is 5.13 Å². The zero-order chi connectivity index (χ0) is 15.6. The molecule has 21 heavy (non-hydrogen) atoms. The molecule has 0 atom stereocenters. The van der Waals surface area contributed by atoms with Gasteiger partial charge in [-0.15, -0.1) is 0 Å². The molecule has 112 valence electrons. The minimum Gasteiger partial charge on any atom is -0.465 e. The molecule has 2 aromatic rings. The highest BCUT2D eigenvalue weighted by atomic mass is 32.1. The van der Waals surface area contributed by atoms with Crippen LogP contribution in [0.4, 0.5) is 28.4 Å². The number of hydrogen-bond donors (Lipinski definition) is 1. The fourth-order valence-electron chi connectivity index (χ4n) is 1.47. The highest BCUT2D eigenvalue weighted by molar-refractivity contribution is 7.17. The minimum absolute atomic E-state index is 0.00879. The van der Waals surface area contributed by atoms with Crippen molar-refractivity contribution < 1.29 is 27.1 Å². The second kappa shape index (κ2) is 5.68. The monoisotopic (exact) mass is 320 g/mol. The van der Waals surface area contributed by atoms with E-state index in [1.165, 1.54) is 13.3 Å². The molecule has 1 aromatic heterocycles. The lowest BCUT2D eigenvalue weighted by molar-refractivity contribution is -0.139. The number of carbonyl (C=O) groups is 1. The summed E-state index contributed by atoms with van der Waals surface area (Å²) in [6, 6.07) is 2.48. The molecule has 4 nitrogen and oxygen atoms in total. The van der Waals surface area contributed by atoms with Gasteiger partial charge in [0.05, 0.1) is 18.9 Å². The maximum atomic E-state index is 13.1. The van der Waals surface area contributed by atoms with Crippen molar-refractivity contribution in [1.82, 2.24) is 4.98 Å². The fraction of sp³-hybridized carbons (Fsp3) is 0.167. The number of hydrogen-bond acceptors (Lipinski definition) is 5. The molecule has 9 heteroatoms. The van der Waals surface area contributed by atoms with Gasteiger partial charge in [-0.1, -0.05) is 11.3 Å². The molecule has 1 aromatic carbocycles. The fourth-order valence-corrected chi connectivity index (χ4v) is 2.23. The Morgan fingerprint density at radius 3 is 2.71 bits per heavy atom. The van der Waals surface area contributed by atoms with Crippen LogP contribution in [0.5, 0.6) is 0 Å². The van der Waals surface area contributed by atoms with Crippen LogP contribution in [0, 0.1) is 5.82 Å². The molecule has 0 unspecified atom stereocenters. The number of benzene rings is 1. The van der Waals surface area contributed by atoms with Crippen molar-refractivity contribution in [3.8, 4) is 0 Å². The van der Waals surface area contributed by atoms with Crippen LogP contribution in [-0.2, 0) is 10.9 Å². The zero-order valence-corrected chi connectivity index (χ0v) is 11.3. The van der Waals surface area contributed by atoms with Crippen molar-refractivity contribution in [2.45, 2.75) is 6.18 Å². The van der Waals surface area contributed by atoms with Crippen molar-refractivity contribution in [1.29, 1.82) is 0 Å². The van der Waals surface area contributed by atoms with Crippen LogP contribution in [0.1, 0.15) is 15.2 Å². The van der Waals surface area contributed by atoms with Gasteiger partial charge in [-0.05, 0) is 18.2 Å². The number of carbonyl (C=O) groups excluding carboxylic acids is 1. The molecule has 0 bridgehead atoms. The van der Waals surface area contributed by atoms with E-state index in [9.17, 15) is 22.4 Å². The first-order valence-electron chi connectivity index (χ1n) is 5.49. The predicted octanol–water partition coefficient (Wildman–Crippen LogP) is 3.83. The first-order chi connectivity index (χ1) is 9.81. The summed E-state index contributed by atoms with van der Waals surface area (Å²) >= 11 is 0.906. The van der Waals surface area contributed by atoms with E-state index in [0.717, 1.165) is 17.4 Å². The van der Waals surface area contributed by atoms with Crippen LogP contribution in [0.15, 0.2) is 24.4 Å². The Labute approximate surface area is 120 Å². The number of nitrogens with zero attached hydrogens (tertiary/aromatic N) is 1. The maximum absolute atomic E-state index is 13.1. The molecule has 0 amide bonds. The Balaban J connectivity index is 2.24. The van der Waals surface area contributed by atoms with Crippen molar-refractivity contribution in [2.24, 2.45) is 0 Å². The lowest BCUT2D eigenvalue weighted by Crippen LogP contribution is -2.08. The normalized spacial score (nSPS) is 11.3. The molecule has 0 fully saturated rings. The zero-order valence-electron chi connectivity index (χ0n) is 10.5. The van der Waals surface area contributed by atoms with Crippen molar-refractivity contribution in [3.05, 3.63) is 40.7 Å². The number of anilines is 2. The number of nitrogens with one attached hydrogen (secondary N) is 1. The smallest absolute Gasteiger partial charge is 0.419 e. The second-order valence-electron chi connectivity index (χ2n) is 3.84. The Bertz CT molecular complexity index is 670. The molecule has 0 saturated carbocycles. The first-order valence-corrected chi connectivity index (χ1v) is 6.31. The number of halogens is 4. The number of rotatable bonds is 3. The molecular formula is C12H8F4N2O2S. The molecule has 0 radical (unpaired) electrons. The molecule has 1 heterocycles. The van der Waals surface area contributed by atoms with E-state index in [1.54, 1.807) is 0 Å². The average Bonchev–Trinajstić information content (AvgIpc) is 2.87. The summed E-state index contributed by atoms with van der Waals surface area (Å²) in [6.07, 6.45) is -3.56. The van der Waals surface area contributed by atoms with Gasteiger partial charge in [0.2, 0.25) is 0 Å². The van der Waals surface area contributed by atoms with Gasteiger partial charge in [0.25, 0.3) is 0 Å². The van der Waals surface area contributed by atoms with Gasteiger partial charge < -0.3 is 10.1 Å². The van der Waals surface area contributed by atoms with Gasteiger partial charge >= 0.3 is 12.1 Å². The van der Waals surface area contributed by atoms with Crippen molar-refractivity contribution in [2.75, 3.05) is 12.4 Å². The van der Waals surface area contributed by atoms with Crippen LogP contribution in [0.2, 0.25) is 0 Å². The van der Waals surface area contributed by atoms with Gasteiger partial charge in [-0.25, -0.2) is 14.2 Å². The average molecular weight is 320 g/mol. The summed E-state index contributed by atoms with van der Waals surface area (Å²) in [5.41, 5.74) is -1.37. The molecule has 0 aliphatic carbocycles. The Hall–Kier alpha value is -2.16. The third kappa shape index (κ3) is 3.48. The summed E-state index contributed by atoms with van der Waals surface area (Å²) in [4.78, 5) is 15.3. The number of methoxy groups -OCH3 is 1. The SMILES string of the molecule is COC(=O)c1cnc(Nc2ccc(F)c(C(F)(F)F)c2)s1. The van der Waals surface area contributed by atoms with Gasteiger partial charge in [0, 0.05) is 5.69 Å². The number of aromatic nitrogens is 1.